The highest BCUT2D eigenvalue weighted by Gasteiger charge is 2.22. The second-order valence-corrected chi connectivity index (χ2v) is 8.88. The Bertz CT molecular complexity index is 1310. The van der Waals surface area contributed by atoms with Crippen molar-refractivity contribution in [3.63, 3.8) is 0 Å². The second-order valence-electron chi connectivity index (χ2n) is 7.88. The molecule has 4 rings (SSSR count). The van der Waals surface area contributed by atoms with Crippen LogP contribution in [0.2, 0.25) is 0 Å². The molecule has 1 amide bonds. The number of methoxy groups -OCH3 is 1. The van der Waals surface area contributed by atoms with Gasteiger partial charge in [0.2, 0.25) is 0 Å². The third-order valence-electron chi connectivity index (χ3n) is 5.07. The smallest absolute Gasteiger partial charge is 0.350 e. The monoisotopic (exact) mass is 464 g/mol. The van der Waals surface area contributed by atoms with Gasteiger partial charge in [-0.15, -0.1) is 11.3 Å². The van der Waals surface area contributed by atoms with E-state index in [2.05, 4.69) is 15.4 Å². The summed E-state index contributed by atoms with van der Waals surface area (Å²) >= 11 is 1.20. The van der Waals surface area contributed by atoms with Gasteiger partial charge in [-0.1, -0.05) is 22.9 Å². The van der Waals surface area contributed by atoms with E-state index in [-0.39, 0.29) is 5.91 Å². The number of anilines is 1. The maximum absolute atomic E-state index is 12.8. The zero-order chi connectivity index (χ0) is 23.5. The molecule has 4 aromatic rings. The first kappa shape index (κ1) is 22.6. The van der Waals surface area contributed by atoms with Crippen molar-refractivity contribution in [2.75, 3.05) is 19.5 Å². The van der Waals surface area contributed by atoms with E-state index in [1.54, 1.807) is 12.1 Å². The number of carbonyl (C=O) groups excluding carboxylic acids is 2. The molecule has 3 aromatic heterocycles. The van der Waals surface area contributed by atoms with Gasteiger partial charge in [0.25, 0.3) is 5.91 Å². The number of nitrogens with zero attached hydrogens (tertiary/aromatic N) is 3. The molecule has 1 N–H and O–H groups in total. The third kappa shape index (κ3) is 5.10. The standard InChI is InChI=1S/C24H24N4O4S/c1-14-5-7-16(8-6-14)22(29)26-20-19-10-9-17(25-23(19)33-21(20)24(30)31-4)12-28(3)13-18-11-15(2)27-32-18/h5-11H,12-13H2,1-4H3,(H,26,29). The van der Waals surface area contributed by atoms with Crippen LogP contribution < -0.4 is 5.32 Å². The fourth-order valence-electron chi connectivity index (χ4n) is 3.45. The second kappa shape index (κ2) is 9.51. The largest absolute Gasteiger partial charge is 0.465 e. The third-order valence-corrected chi connectivity index (χ3v) is 6.15. The number of hydrogen-bond donors (Lipinski definition) is 1. The Balaban J connectivity index is 1.60. The number of aromatic nitrogens is 2. The normalized spacial score (nSPS) is 11.2. The summed E-state index contributed by atoms with van der Waals surface area (Å²) in [5, 5.41) is 7.48. The van der Waals surface area contributed by atoms with E-state index in [4.69, 9.17) is 14.2 Å². The fourth-order valence-corrected chi connectivity index (χ4v) is 4.51. The Hall–Kier alpha value is -3.56. The van der Waals surface area contributed by atoms with Crippen molar-refractivity contribution in [1.82, 2.24) is 15.0 Å². The topological polar surface area (TPSA) is 97.6 Å². The summed E-state index contributed by atoms with van der Waals surface area (Å²) in [6.45, 7) is 5.01. The number of benzene rings is 1. The number of carbonyl (C=O) groups is 2. The van der Waals surface area contributed by atoms with Gasteiger partial charge in [-0.05, 0) is 45.2 Å². The molecule has 33 heavy (non-hydrogen) atoms. The van der Waals surface area contributed by atoms with Crippen LogP contribution in [0, 0.1) is 13.8 Å². The van der Waals surface area contributed by atoms with Crippen LogP contribution in [0.25, 0.3) is 10.2 Å². The number of amides is 1. The molecule has 0 saturated carbocycles. The van der Waals surface area contributed by atoms with Crippen LogP contribution in [0.4, 0.5) is 5.69 Å². The average molecular weight is 465 g/mol. The number of hydrogen-bond acceptors (Lipinski definition) is 8. The Morgan fingerprint density at radius 1 is 1.12 bits per heavy atom. The summed E-state index contributed by atoms with van der Waals surface area (Å²) in [6, 6.07) is 12.9. The van der Waals surface area contributed by atoms with E-state index >= 15 is 0 Å². The van der Waals surface area contributed by atoms with E-state index in [1.807, 2.05) is 51.2 Å². The molecule has 0 bridgehead atoms. The van der Waals surface area contributed by atoms with Gasteiger partial charge >= 0.3 is 5.97 Å². The molecule has 0 saturated heterocycles. The lowest BCUT2D eigenvalue weighted by Gasteiger charge is -2.14. The predicted molar refractivity (Wildman–Crippen MR) is 127 cm³/mol. The van der Waals surface area contributed by atoms with Gasteiger partial charge in [-0.25, -0.2) is 9.78 Å². The van der Waals surface area contributed by atoms with Crippen LogP contribution in [0.3, 0.4) is 0 Å². The van der Waals surface area contributed by atoms with Crippen LogP contribution >= 0.6 is 11.3 Å². The van der Waals surface area contributed by atoms with E-state index < -0.39 is 5.97 Å². The Morgan fingerprint density at radius 2 is 1.88 bits per heavy atom. The summed E-state index contributed by atoms with van der Waals surface area (Å²) in [6.07, 6.45) is 0. The molecule has 9 heteroatoms. The summed E-state index contributed by atoms with van der Waals surface area (Å²) < 4.78 is 10.2. The lowest BCUT2D eigenvalue weighted by atomic mass is 10.1. The van der Waals surface area contributed by atoms with Crippen LogP contribution in [0.1, 0.15) is 42.7 Å². The molecule has 0 aliphatic carbocycles. The minimum absolute atomic E-state index is 0.300. The Kier molecular flexibility index (Phi) is 6.52. The molecule has 0 radical (unpaired) electrons. The Morgan fingerprint density at radius 3 is 2.55 bits per heavy atom. The van der Waals surface area contributed by atoms with Crippen LogP contribution in [0.5, 0.6) is 0 Å². The number of nitrogens with one attached hydrogen (secondary N) is 1. The minimum atomic E-state index is -0.517. The highest BCUT2D eigenvalue weighted by Crippen LogP contribution is 2.36. The molecular formula is C24H24N4O4S. The zero-order valence-corrected chi connectivity index (χ0v) is 19.7. The fraction of sp³-hybridized carbons (Fsp3) is 0.250. The van der Waals surface area contributed by atoms with E-state index in [9.17, 15) is 9.59 Å². The van der Waals surface area contributed by atoms with Crippen LogP contribution in [0.15, 0.2) is 47.0 Å². The van der Waals surface area contributed by atoms with Crippen molar-refractivity contribution < 1.29 is 18.8 Å². The molecule has 0 aliphatic rings. The first-order chi connectivity index (χ1) is 15.8. The number of fused-ring (bicyclic) bond motifs is 1. The van der Waals surface area contributed by atoms with Crippen molar-refractivity contribution in [2.24, 2.45) is 0 Å². The van der Waals surface area contributed by atoms with Crippen molar-refractivity contribution in [1.29, 1.82) is 0 Å². The molecule has 0 fully saturated rings. The Labute approximate surface area is 195 Å². The number of aryl methyl sites for hydroxylation is 2. The van der Waals surface area contributed by atoms with Gasteiger partial charge in [0, 0.05) is 23.6 Å². The molecule has 0 atom stereocenters. The van der Waals surface area contributed by atoms with Crippen molar-refractivity contribution >= 4 is 39.1 Å². The average Bonchev–Trinajstić information content (AvgIpc) is 3.36. The van der Waals surface area contributed by atoms with Gasteiger partial charge in [-0.2, -0.15) is 0 Å². The summed E-state index contributed by atoms with van der Waals surface area (Å²) in [5.74, 6) is -0.0381. The predicted octanol–water partition coefficient (Wildman–Crippen LogP) is 4.57. The molecule has 8 nitrogen and oxygen atoms in total. The van der Waals surface area contributed by atoms with Gasteiger partial charge in [0.15, 0.2) is 5.76 Å². The summed E-state index contributed by atoms with van der Waals surface area (Å²) in [4.78, 5) is 33.0. The van der Waals surface area contributed by atoms with Gasteiger partial charge < -0.3 is 14.6 Å². The molecule has 1 aromatic carbocycles. The van der Waals surface area contributed by atoms with Crippen LogP contribution in [-0.2, 0) is 17.8 Å². The quantitative estimate of drug-likeness (QED) is 0.400. The zero-order valence-electron chi connectivity index (χ0n) is 18.8. The summed E-state index contributed by atoms with van der Waals surface area (Å²) in [7, 11) is 3.28. The van der Waals surface area contributed by atoms with Gasteiger partial charge in [0.05, 0.1) is 30.7 Å². The number of pyridine rings is 1. The number of esters is 1. The van der Waals surface area contributed by atoms with Crippen molar-refractivity contribution in [2.45, 2.75) is 26.9 Å². The molecule has 170 valence electrons. The lowest BCUT2D eigenvalue weighted by molar-refractivity contribution is 0.0607. The maximum atomic E-state index is 12.8. The van der Waals surface area contributed by atoms with Crippen molar-refractivity contribution in [3.05, 3.63) is 75.6 Å². The number of ether oxygens (including phenoxy) is 1. The van der Waals surface area contributed by atoms with Crippen LogP contribution in [-0.4, -0.2) is 41.1 Å². The lowest BCUT2D eigenvalue weighted by Crippen LogP contribution is -2.17. The molecule has 3 heterocycles. The summed E-state index contributed by atoms with van der Waals surface area (Å²) in [5.41, 5.74) is 3.65. The molecule has 0 unspecified atom stereocenters. The number of rotatable bonds is 7. The van der Waals surface area contributed by atoms with Crippen molar-refractivity contribution in [3.8, 4) is 0 Å². The maximum Gasteiger partial charge on any atom is 0.350 e. The first-order valence-electron chi connectivity index (χ1n) is 10.3. The molecular weight excluding hydrogens is 440 g/mol. The molecule has 0 spiro atoms. The van der Waals surface area contributed by atoms with E-state index in [0.717, 1.165) is 22.7 Å². The highest BCUT2D eigenvalue weighted by molar-refractivity contribution is 7.21. The minimum Gasteiger partial charge on any atom is -0.465 e. The molecule has 0 aliphatic heterocycles. The van der Waals surface area contributed by atoms with Gasteiger partial charge in [0.1, 0.15) is 9.71 Å². The highest BCUT2D eigenvalue weighted by atomic mass is 32.1. The van der Waals surface area contributed by atoms with E-state index in [1.165, 1.54) is 18.4 Å². The van der Waals surface area contributed by atoms with E-state index in [0.29, 0.717) is 39.4 Å². The number of thiophene rings is 1. The van der Waals surface area contributed by atoms with Gasteiger partial charge in [-0.3, -0.25) is 9.69 Å². The first-order valence-corrected chi connectivity index (χ1v) is 11.1. The SMILES string of the molecule is COC(=O)c1sc2nc(CN(C)Cc3cc(C)no3)ccc2c1NC(=O)c1ccc(C)cc1.